The van der Waals surface area contributed by atoms with Crippen LogP contribution in [-0.2, 0) is 7.05 Å². The molecule has 0 aliphatic carbocycles. The number of rotatable bonds is 3. The molecule has 0 fully saturated rings. The molecule has 5 nitrogen and oxygen atoms in total. The maximum absolute atomic E-state index is 12.0. The number of benzene rings is 1. The van der Waals surface area contributed by atoms with Crippen LogP contribution in [0.3, 0.4) is 0 Å². The SMILES string of the molecule is CSNc1ccc(-n2ccc(=O)n(C)c2=O)c(Cl)c1. The number of hydrogen-bond donors (Lipinski definition) is 1. The molecule has 0 spiro atoms. The fraction of sp³-hybridized carbons (Fsp3) is 0.167. The number of hydrogen-bond acceptors (Lipinski definition) is 4. The molecule has 1 heterocycles. The van der Waals surface area contributed by atoms with Gasteiger partial charge in [0.2, 0.25) is 0 Å². The third kappa shape index (κ3) is 2.69. The highest BCUT2D eigenvalue weighted by atomic mass is 35.5. The van der Waals surface area contributed by atoms with E-state index < -0.39 is 5.69 Å². The van der Waals surface area contributed by atoms with Crippen LogP contribution in [0.5, 0.6) is 0 Å². The summed E-state index contributed by atoms with van der Waals surface area (Å²) in [5.41, 5.74) is 0.603. The summed E-state index contributed by atoms with van der Waals surface area (Å²) >= 11 is 7.62. The van der Waals surface area contributed by atoms with Gasteiger partial charge in [0, 0.05) is 31.3 Å². The van der Waals surface area contributed by atoms with Crippen LogP contribution in [-0.4, -0.2) is 15.4 Å². The standard InChI is InChI=1S/C12H12ClN3O2S/c1-15-11(17)5-6-16(12(15)18)10-4-3-8(14-19-2)7-9(10)13/h3-7,14H,1-2H3. The Hall–Kier alpha value is -1.66. The van der Waals surface area contributed by atoms with E-state index in [1.54, 1.807) is 12.1 Å². The molecule has 2 rings (SSSR count). The van der Waals surface area contributed by atoms with Gasteiger partial charge in [-0.3, -0.25) is 13.9 Å². The first-order valence-corrected chi connectivity index (χ1v) is 7.02. The molecular weight excluding hydrogens is 286 g/mol. The molecule has 0 atom stereocenters. The Morgan fingerprint density at radius 1 is 1.26 bits per heavy atom. The molecule has 0 unspecified atom stereocenters. The molecule has 1 N–H and O–H groups in total. The minimum absolute atomic E-state index is 0.349. The van der Waals surface area contributed by atoms with Crippen LogP contribution < -0.4 is 16.0 Å². The molecule has 1 aromatic heterocycles. The van der Waals surface area contributed by atoms with Crippen LogP contribution in [0.1, 0.15) is 0 Å². The highest BCUT2D eigenvalue weighted by molar-refractivity contribution is 7.99. The molecule has 0 aliphatic heterocycles. The maximum atomic E-state index is 12.0. The van der Waals surface area contributed by atoms with Gasteiger partial charge in [-0.2, -0.15) is 0 Å². The van der Waals surface area contributed by atoms with Crippen LogP contribution in [0.15, 0.2) is 40.1 Å². The van der Waals surface area contributed by atoms with Gasteiger partial charge in [-0.1, -0.05) is 23.5 Å². The fourth-order valence-corrected chi connectivity index (χ4v) is 2.27. The van der Waals surface area contributed by atoms with Crippen molar-refractivity contribution in [2.24, 2.45) is 7.05 Å². The van der Waals surface area contributed by atoms with Crippen LogP contribution in [0.2, 0.25) is 5.02 Å². The van der Waals surface area contributed by atoms with Crippen molar-refractivity contribution in [1.82, 2.24) is 9.13 Å². The Labute approximate surface area is 119 Å². The molecule has 0 aliphatic rings. The second-order valence-electron chi connectivity index (χ2n) is 3.84. The van der Waals surface area contributed by atoms with Gasteiger partial charge in [0.05, 0.1) is 10.7 Å². The summed E-state index contributed by atoms with van der Waals surface area (Å²) in [6, 6.07) is 6.60. The lowest BCUT2D eigenvalue weighted by atomic mass is 10.3. The maximum Gasteiger partial charge on any atom is 0.335 e. The van der Waals surface area contributed by atoms with Gasteiger partial charge in [-0.05, 0) is 18.2 Å². The zero-order valence-electron chi connectivity index (χ0n) is 10.4. The molecule has 2 aromatic rings. The Balaban J connectivity index is 2.57. The third-order valence-electron chi connectivity index (χ3n) is 2.62. The molecule has 0 saturated heterocycles. The first-order valence-electron chi connectivity index (χ1n) is 5.42. The number of aromatic nitrogens is 2. The largest absolute Gasteiger partial charge is 0.335 e. The summed E-state index contributed by atoms with van der Waals surface area (Å²) in [5.74, 6) is 0. The Morgan fingerprint density at radius 3 is 2.63 bits per heavy atom. The number of nitrogens with one attached hydrogen (secondary N) is 1. The minimum atomic E-state index is -0.431. The summed E-state index contributed by atoms with van der Waals surface area (Å²) < 4.78 is 5.42. The first kappa shape index (κ1) is 13.8. The van der Waals surface area contributed by atoms with E-state index in [9.17, 15) is 9.59 Å². The average molecular weight is 298 g/mol. The summed E-state index contributed by atoms with van der Waals surface area (Å²) in [7, 11) is 1.43. The molecule has 19 heavy (non-hydrogen) atoms. The highest BCUT2D eigenvalue weighted by Crippen LogP contribution is 2.24. The van der Waals surface area contributed by atoms with E-state index in [1.165, 1.54) is 35.8 Å². The van der Waals surface area contributed by atoms with E-state index in [0.29, 0.717) is 10.7 Å². The van der Waals surface area contributed by atoms with Gasteiger partial charge in [0.1, 0.15) is 0 Å². The second-order valence-corrected chi connectivity index (χ2v) is 4.86. The van der Waals surface area contributed by atoms with Gasteiger partial charge < -0.3 is 4.72 Å². The zero-order valence-corrected chi connectivity index (χ0v) is 12.0. The van der Waals surface area contributed by atoms with Gasteiger partial charge in [0.15, 0.2) is 0 Å². The van der Waals surface area contributed by atoms with Crippen LogP contribution in [0.4, 0.5) is 5.69 Å². The van der Waals surface area contributed by atoms with Crippen LogP contribution in [0, 0.1) is 0 Å². The van der Waals surface area contributed by atoms with Gasteiger partial charge in [-0.25, -0.2) is 4.79 Å². The van der Waals surface area contributed by atoms with Crippen molar-refractivity contribution in [3.63, 3.8) is 0 Å². The quantitative estimate of drug-likeness (QED) is 0.879. The summed E-state index contributed by atoms with van der Waals surface area (Å²) in [6.07, 6.45) is 3.33. The third-order valence-corrected chi connectivity index (χ3v) is 3.36. The molecule has 1 aromatic carbocycles. The van der Waals surface area contributed by atoms with Crippen molar-refractivity contribution in [3.05, 3.63) is 56.3 Å². The number of anilines is 1. The lowest BCUT2D eigenvalue weighted by Gasteiger charge is -2.10. The fourth-order valence-electron chi connectivity index (χ4n) is 1.64. The molecule has 7 heteroatoms. The van der Waals surface area contributed by atoms with E-state index in [4.69, 9.17) is 11.6 Å². The van der Waals surface area contributed by atoms with Crippen LogP contribution in [0.25, 0.3) is 5.69 Å². The van der Waals surface area contributed by atoms with Crippen molar-refractivity contribution < 1.29 is 0 Å². The molecule has 0 radical (unpaired) electrons. The minimum Gasteiger partial charge on any atom is -0.330 e. The van der Waals surface area contributed by atoms with Gasteiger partial charge in [-0.15, -0.1) is 0 Å². The summed E-state index contributed by atoms with van der Waals surface area (Å²) in [4.78, 5) is 23.4. The van der Waals surface area contributed by atoms with Crippen LogP contribution >= 0.6 is 23.5 Å². The zero-order chi connectivity index (χ0) is 14.0. The Bertz CT molecular complexity index is 724. The van der Waals surface area contributed by atoms with Crippen molar-refractivity contribution >= 4 is 29.2 Å². The van der Waals surface area contributed by atoms with Crippen molar-refractivity contribution in [3.8, 4) is 5.69 Å². The monoisotopic (exact) mass is 297 g/mol. The topological polar surface area (TPSA) is 56.0 Å². The van der Waals surface area contributed by atoms with E-state index >= 15 is 0 Å². The first-order chi connectivity index (χ1) is 9.04. The van der Waals surface area contributed by atoms with Crippen molar-refractivity contribution in [1.29, 1.82) is 0 Å². The predicted octanol–water partition coefficient (Wildman–Crippen LogP) is 1.88. The van der Waals surface area contributed by atoms with Gasteiger partial charge >= 0.3 is 5.69 Å². The molecule has 100 valence electrons. The Kier molecular flexibility index (Phi) is 4.01. The van der Waals surface area contributed by atoms with E-state index in [2.05, 4.69) is 4.72 Å². The average Bonchev–Trinajstić information content (AvgIpc) is 2.38. The molecule has 0 bridgehead atoms. The summed E-state index contributed by atoms with van der Waals surface area (Å²) in [5, 5.41) is 0.430. The normalized spacial score (nSPS) is 10.5. The number of nitrogens with zero attached hydrogens (tertiary/aromatic N) is 2. The predicted molar refractivity (Wildman–Crippen MR) is 79.4 cm³/mol. The number of halogens is 1. The summed E-state index contributed by atoms with van der Waals surface area (Å²) in [6.45, 7) is 0. The second kappa shape index (κ2) is 5.54. The Morgan fingerprint density at radius 2 is 2.00 bits per heavy atom. The van der Waals surface area contributed by atoms with Crippen molar-refractivity contribution in [2.75, 3.05) is 11.0 Å². The molecule has 0 amide bonds. The molecular formula is C12H12ClN3O2S. The highest BCUT2D eigenvalue weighted by Gasteiger charge is 2.08. The van der Waals surface area contributed by atoms with Gasteiger partial charge in [0.25, 0.3) is 5.56 Å². The molecule has 0 saturated carbocycles. The van der Waals surface area contributed by atoms with E-state index in [-0.39, 0.29) is 5.56 Å². The smallest absolute Gasteiger partial charge is 0.330 e. The lowest BCUT2D eigenvalue weighted by Crippen LogP contribution is -2.36. The van der Waals surface area contributed by atoms with E-state index in [0.717, 1.165) is 10.3 Å². The van der Waals surface area contributed by atoms with E-state index in [1.807, 2.05) is 12.3 Å². The lowest BCUT2D eigenvalue weighted by molar-refractivity contribution is 0.728. The van der Waals surface area contributed by atoms with Crippen molar-refractivity contribution in [2.45, 2.75) is 0 Å².